The van der Waals surface area contributed by atoms with Crippen molar-refractivity contribution < 1.29 is 4.39 Å². The highest BCUT2D eigenvalue weighted by Gasteiger charge is 2.09. The fourth-order valence-electron chi connectivity index (χ4n) is 2.15. The molecule has 0 radical (unpaired) electrons. The lowest BCUT2D eigenvalue weighted by Gasteiger charge is -2.13. The first-order valence-corrected chi connectivity index (χ1v) is 6.10. The van der Waals surface area contributed by atoms with Crippen molar-refractivity contribution in [2.75, 3.05) is 0 Å². The Bertz CT molecular complexity index is 707. The van der Waals surface area contributed by atoms with E-state index in [9.17, 15) is 4.39 Å². The maximum absolute atomic E-state index is 12.9. The second-order valence-electron chi connectivity index (χ2n) is 4.48. The van der Waals surface area contributed by atoms with Gasteiger partial charge in [0.15, 0.2) is 0 Å². The molecule has 1 atom stereocenters. The van der Waals surface area contributed by atoms with Gasteiger partial charge in [0.05, 0.1) is 11.6 Å². The lowest BCUT2D eigenvalue weighted by molar-refractivity contribution is 0.626. The van der Waals surface area contributed by atoms with Gasteiger partial charge in [0.2, 0.25) is 0 Å². The number of benzene rings is 2. The Morgan fingerprint density at radius 2 is 1.68 bits per heavy atom. The zero-order valence-corrected chi connectivity index (χ0v) is 10.3. The number of nitrogens with two attached hydrogens (primary N) is 1. The van der Waals surface area contributed by atoms with E-state index in [4.69, 9.17) is 5.73 Å². The molecule has 0 bridgehead atoms. The topological polar surface area (TPSA) is 38.9 Å². The molecule has 1 heterocycles. The van der Waals surface area contributed by atoms with Gasteiger partial charge in [0, 0.05) is 11.6 Å². The molecule has 19 heavy (non-hydrogen) atoms. The molecule has 94 valence electrons. The maximum Gasteiger partial charge on any atom is 0.123 e. The third kappa shape index (κ3) is 2.33. The molecule has 0 aliphatic rings. The summed E-state index contributed by atoms with van der Waals surface area (Å²) < 4.78 is 12.9. The zero-order chi connectivity index (χ0) is 13.2. The van der Waals surface area contributed by atoms with Crippen LogP contribution in [0.1, 0.15) is 17.2 Å². The van der Waals surface area contributed by atoms with Gasteiger partial charge in [0.25, 0.3) is 0 Å². The number of hydrogen-bond donors (Lipinski definition) is 1. The van der Waals surface area contributed by atoms with Gasteiger partial charge in [-0.1, -0.05) is 24.3 Å². The minimum absolute atomic E-state index is 0.251. The number of rotatable bonds is 2. The van der Waals surface area contributed by atoms with Gasteiger partial charge in [-0.2, -0.15) is 0 Å². The van der Waals surface area contributed by atoms with Gasteiger partial charge < -0.3 is 5.73 Å². The predicted octanol–water partition coefficient (Wildman–Crippen LogP) is 3.42. The highest BCUT2D eigenvalue weighted by atomic mass is 19.1. The quantitative estimate of drug-likeness (QED) is 0.759. The van der Waals surface area contributed by atoms with Crippen LogP contribution in [0.4, 0.5) is 4.39 Å². The Balaban J connectivity index is 2.01. The van der Waals surface area contributed by atoms with Crippen molar-refractivity contribution in [3.63, 3.8) is 0 Å². The van der Waals surface area contributed by atoms with Crippen LogP contribution < -0.4 is 5.73 Å². The molecule has 0 saturated heterocycles. The molecule has 3 rings (SSSR count). The molecule has 3 heteroatoms. The van der Waals surface area contributed by atoms with Crippen LogP contribution in [0.3, 0.4) is 0 Å². The normalized spacial score (nSPS) is 12.5. The molecular formula is C16H13FN2. The third-order valence-electron chi connectivity index (χ3n) is 3.22. The van der Waals surface area contributed by atoms with Gasteiger partial charge in [-0.15, -0.1) is 0 Å². The molecule has 0 saturated carbocycles. The molecular weight excluding hydrogens is 239 g/mol. The molecule has 0 aliphatic carbocycles. The Labute approximate surface area is 110 Å². The van der Waals surface area contributed by atoms with Crippen LogP contribution in [0, 0.1) is 5.82 Å². The van der Waals surface area contributed by atoms with Gasteiger partial charge >= 0.3 is 0 Å². The first-order chi connectivity index (χ1) is 9.24. The standard InChI is InChI=1S/C16H13FN2/c17-14-6-3-11(4-7-14)16(18)13-5-8-15-12(10-13)2-1-9-19-15/h1-10,16H,18H2. The molecule has 1 aromatic heterocycles. The van der Waals surface area contributed by atoms with E-state index in [1.807, 2.05) is 30.3 Å². The fraction of sp³-hybridized carbons (Fsp3) is 0.0625. The Morgan fingerprint density at radius 1 is 0.947 bits per heavy atom. The number of aromatic nitrogens is 1. The van der Waals surface area contributed by atoms with Crippen LogP contribution >= 0.6 is 0 Å². The minimum atomic E-state index is -0.259. The number of hydrogen-bond acceptors (Lipinski definition) is 2. The molecule has 2 nitrogen and oxygen atoms in total. The smallest absolute Gasteiger partial charge is 0.123 e. The van der Waals surface area contributed by atoms with Gasteiger partial charge in [0.1, 0.15) is 5.82 Å². The highest BCUT2D eigenvalue weighted by molar-refractivity contribution is 5.79. The van der Waals surface area contributed by atoms with Crippen molar-refractivity contribution in [1.29, 1.82) is 0 Å². The molecule has 2 aromatic carbocycles. The van der Waals surface area contributed by atoms with E-state index in [1.165, 1.54) is 12.1 Å². The fourth-order valence-corrected chi connectivity index (χ4v) is 2.15. The van der Waals surface area contributed by atoms with Gasteiger partial charge in [-0.25, -0.2) is 4.39 Å². The van der Waals surface area contributed by atoms with Gasteiger partial charge in [-0.05, 0) is 41.5 Å². The monoisotopic (exact) mass is 252 g/mol. The summed E-state index contributed by atoms with van der Waals surface area (Å²) in [7, 11) is 0. The van der Waals surface area contributed by atoms with Crippen LogP contribution in [-0.4, -0.2) is 4.98 Å². The van der Waals surface area contributed by atoms with E-state index in [2.05, 4.69) is 4.98 Å². The molecule has 1 unspecified atom stereocenters. The first kappa shape index (κ1) is 11.8. The Kier molecular flexibility index (Phi) is 2.97. The largest absolute Gasteiger partial charge is 0.320 e. The summed E-state index contributed by atoms with van der Waals surface area (Å²) in [6.07, 6.45) is 1.77. The summed E-state index contributed by atoms with van der Waals surface area (Å²) in [4.78, 5) is 4.28. The molecule has 2 N–H and O–H groups in total. The number of pyridine rings is 1. The summed E-state index contributed by atoms with van der Waals surface area (Å²) in [6.45, 7) is 0. The number of fused-ring (bicyclic) bond motifs is 1. The SMILES string of the molecule is NC(c1ccc(F)cc1)c1ccc2ncccc2c1. The van der Waals surface area contributed by atoms with Crippen LogP contribution in [0.2, 0.25) is 0 Å². The summed E-state index contributed by atoms with van der Waals surface area (Å²) in [5, 5.41) is 1.05. The highest BCUT2D eigenvalue weighted by Crippen LogP contribution is 2.23. The van der Waals surface area contributed by atoms with Gasteiger partial charge in [-0.3, -0.25) is 4.98 Å². The van der Waals surface area contributed by atoms with E-state index in [0.717, 1.165) is 22.0 Å². The summed E-state index contributed by atoms with van der Waals surface area (Å²) >= 11 is 0. The Hall–Kier alpha value is -2.26. The van der Waals surface area contributed by atoms with Crippen LogP contribution in [0.25, 0.3) is 10.9 Å². The molecule has 0 amide bonds. The molecule has 0 aliphatic heterocycles. The van der Waals surface area contributed by atoms with E-state index in [0.29, 0.717) is 0 Å². The van der Waals surface area contributed by atoms with Crippen molar-refractivity contribution >= 4 is 10.9 Å². The average Bonchev–Trinajstić information content (AvgIpc) is 2.47. The van der Waals surface area contributed by atoms with Crippen molar-refractivity contribution in [2.24, 2.45) is 5.73 Å². The number of nitrogens with zero attached hydrogens (tertiary/aromatic N) is 1. The average molecular weight is 252 g/mol. The van der Waals surface area contributed by atoms with Crippen molar-refractivity contribution in [3.8, 4) is 0 Å². The lowest BCUT2D eigenvalue weighted by atomic mass is 9.98. The molecule has 0 spiro atoms. The van der Waals surface area contributed by atoms with Crippen molar-refractivity contribution in [3.05, 3.63) is 77.7 Å². The van der Waals surface area contributed by atoms with Crippen molar-refractivity contribution in [2.45, 2.75) is 6.04 Å². The summed E-state index contributed by atoms with van der Waals surface area (Å²) in [5.74, 6) is -0.251. The summed E-state index contributed by atoms with van der Waals surface area (Å²) in [6, 6.07) is 15.9. The lowest BCUT2D eigenvalue weighted by Crippen LogP contribution is -2.11. The maximum atomic E-state index is 12.9. The first-order valence-electron chi connectivity index (χ1n) is 6.10. The van der Waals surface area contributed by atoms with Crippen molar-refractivity contribution in [1.82, 2.24) is 4.98 Å². The predicted molar refractivity (Wildman–Crippen MR) is 74.2 cm³/mol. The van der Waals surface area contributed by atoms with E-state index < -0.39 is 0 Å². The second-order valence-corrected chi connectivity index (χ2v) is 4.48. The third-order valence-corrected chi connectivity index (χ3v) is 3.22. The van der Waals surface area contributed by atoms with E-state index in [-0.39, 0.29) is 11.9 Å². The van der Waals surface area contributed by atoms with Crippen LogP contribution in [-0.2, 0) is 0 Å². The molecule has 0 fully saturated rings. The van der Waals surface area contributed by atoms with Crippen LogP contribution in [0.15, 0.2) is 60.8 Å². The number of halogens is 1. The van der Waals surface area contributed by atoms with E-state index >= 15 is 0 Å². The summed E-state index contributed by atoms with van der Waals surface area (Å²) in [5.41, 5.74) is 9.04. The zero-order valence-electron chi connectivity index (χ0n) is 10.3. The van der Waals surface area contributed by atoms with E-state index in [1.54, 1.807) is 18.3 Å². The molecule has 3 aromatic rings. The van der Waals surface area contributed by atoms with Crippen LogP contribution in [0.5, 0.6) is 0 Å². The second kappa shape index (κ2) is 4.78. The Morgan fingerprint density at radius 3 is 2.47 bits per heavy atom. The minimum Gasteiger partial charge on any atom is -0.320 e.